The largest absolute Gasteiger partial charge is 0.299 e. The summed E-state index contributed by atoms with van der Waals surface area (Å²) in [7, 11) is 0. The van der Waals surface area contributed by atoms with Crippen molar-refractivity contribution in [1.82, 2.24) is 0 Å². The molecule has 0 spiro atoms. The molecule has 0 aromatic carbocycles. The van der Waals surface area contributed by atoms with Crippen molar-refractivity contribution in [2.24, 2.45) is 5.92 Å². The average Bonchev–Trinajstić information content (AvgIpc) is 2.03. The number of alkyl halides is 2. The summed E-state index contributed by atoms with van der Waals surface area (Å²) in [5, 5.41) is 0. The van der Waals surface area contributed by atoms with E-state index in [1.54, 1.807) is 6.92 Å². The summed E-state index contributed by atoms with van der Waals surface area (Å²) in [6.45, 7) is 1.73. The zero-order valence-electron chi connectivity index (χ0n) is 6.57. The number of ketones is 1. The summed E-state index contributed by atoms with van der Waals surface area (Å²) in [6.07, 6.45) is 0.01000. The van der Waals surface area contributed by atoms with Crippen LogP contribution in [0.4, 0.5) is 8.78 Å². The second-order valence-electron chi connectivity index (χ2n) is 3.26. The first kappa shape index (κ1) is 8.62. The van der Waals surface area contributed by atoms with E-state index in [0.717, 1.165) is 0 Å². The number of Topliss-reactive ketones (excluding diaryl/α,β-unsaturated/α-hetero) is 1. The first-order valence-electron chi connectivity index (χ1n) is 3.92. The van der Waals surface area contributed by atoms with Crippen LogP contribution in [0.25, 0.3) is 0 Å². The summed E-state index contributed by atoms with van der Waals surface area (Å²) in [5.74, 6) is -2.77. The molecule has 0 heterocycles. The second-order valence-corrected chi connectivity index (χ2v) is 3.26. The molecule has 0 aliphatic heterocycles. The molecule has 1 rings (SSSR count). The minimum absolute atomic E-state index is 0.0119. The zero-order valence-corrected chi connectivity index (χ0v) is 6.57. The Balaban J connectivity index is 2.58. The van der Waals surface area contributed by atoms with Gasteiger partial charge in [0, 0.05) is 25.2 Å². The second kappa shape index (κ2) is 2.88. The first-order valence-corrected chi connectivity index (χ1v) is 3.92. The van der Waals surface area contributed by atoms with Crippen molar-refractivity contribution < 1.29 is 13.6 Å². The Morgan fingerprint density at radius 3 is 2.73 bits per heavy atom. The van der Waals surface area contributed by atoms with E-state index in [2.05, 4.69) is 0 Å². The van der Waals surface area contributed by atoms with E-state index in [1.165, 1.54) is 0 Å². The van der Waals surface area contributed by atoms with Gasteiger partial charge in [0.25, 0.3) is 0 Å². The molecule has 0 radical (unpaired) electrons. The smallest absolute Gasteiger partial charge is 0.248 e. The van der Waals surface area contributed by atoms with E-state index in [1.807, 2.05) is 0 Å². The fraction of sp³-hybridized carbons (Fsp3) is 0.875. The molecule has 0 aromatic heterocycles. The van der Waals surface area contributed by atoms with E-state index in [-0.39, 0.29) is 31.0 Å². The number of hydrogen-bond donors (Lipinski definition) is 0. The monoisotopic (exact) mass is 162 g/mol. The van der Waals surface area contributed by atoms with Crippen LogP contribution in [0.5, 0.6) is 0 Å². The summed E-state index contributed by atoms with van der Waals surface area (Å²) >= 11 is 0. The number of carbonyl (C=O) groups excluding carboxylic acids is 1. The third kappa shape index (κ3) is 2.24. The molecular formula is C8H12F2O. The highest BCUT2D eigenvalue weighted by Crippen LogP contribution is 2.32. The van der Waals surface area contributed by atoms with Gasteiger partial charge in [-0.15, -0.1) is 0 Å². The van der Waals surface area contributed by atoms with Crippen molar-refractivity contribution in [1.29, 1.82) is 0 Å². The van der Waals surface area contributed by atoms with Crippen molar-refractivity contribution >= 4 is 5.78 Å². The lowest BCUT2D eigenvalue weighted by Crippen LogP contribution is -2.13. The molecule has 0 N–H and O–H groups in total. The minimum Gasteiger partial charge on any atom is -0.299 e. The predicted octanol–water partition coefficient (Wildman–Crippen LogP) is 2.40. The Hall–Kier alpha value is -0.470. The van der Waals surface area contributed by atoms with Gasteiger partial charge in [-0.25, -0.2) is 8.78 Å². The standard InChI is InChI=1S/C8H12F2O/c1-6-2-4-8(9,10)5-3-7(6)11/h6H,2-5H2,1H3. The molecule has 1 nitrogen and oxygen atoms in total. The molecule has 11 heavy (non-hydrogen) atoms. The van der Waals surface area contributed by atoms with Crippen LogP contribution in [0, 0.1) is 5.92 Å². The van der Waals surface area contributed by atoms with Crippen molar-refractivity contribution in [3.63, 3.8) is 0 Å². The number of rotatable bonds is 0. The van der Waals surface area contributed by atoms with Crippen molar-refractivity contribution in [3.8, 4) is 0 Å². The van der Waals surface area contributed by atoms with Gasteiger partial charge in [-0.05, 0) is 6.42 Å². The first-order chi connectivity index (χ1) is 5.01. The number of halogens is 2. The van der Waals surface area contributed by atoms with Crippen molar-refractivity contribution in [3.05, 3.63) is 0 Å². The molecule has 0 bridgehead atoms. The molecule has 0 aromatic rings. The van der Waals surface area contributed by atoms with Crippen LogP contribution >= 0.6 is 0 Å². The normalized spacial score (nSPS) is 31.5. The minimum atomic E-state index is -2.60. The van der Waals surface area contributed by atoms with Gasteiger partial charge in [0.15, 0.2) is 0 Å². The van der Waals surface area contributed by atoms with Crippen LogP contribution in [0.2, 0.25) is 0 Å². The molecule has 1 saturated carbocycles. The van der Waals surface area contributed by atoms with Crippen LogP contribution in [0.15, 0.2) is 0 Å². The molecule has 1 atom stereocenters. The molecule has 1 aliphatic carbocycles. The van der Waals surface area contributed by atoms with Crippen LogP contribution in [-0.4, -0.2) is 11.7 Å². The quantitative estimate of drug-likeness (QED) is 0.500. The van der Waals surface area contributed by atoms with Gasteiger partial charge >= 0.3 is 0 Å². The molecule has 1 unspecified atom stereocenters. The van der Waals surface area contributed by atoms with E-state index in [4.69, 9.17) is 0 Å². The Labute approximate surface area is 64.8 Å². The lowest BCUT2D eigenvalue weighted by molar-refractivity contribution is -0.122. The Kier molecular flexibility index (Phi) is 2.25. The maximum atomic E-state index is 12.7. The highest BCUT2D eigenvalue weighted by Gasteiger charge is 2.34. The van der Waals surface area contributed by atoms with Crippen LogP contribution < -0.4 is 0 Å². The topological polar surface area (TPSA) is 17.1 Å². The lowest BCUT2D eigenvalue weighted by Gasteiger charge is -2.11. The summed E-state index contributed by atoms with van der Waals surface area (Å²) in [4.78, 5) is 11.0. The molecule has 0 saturated heterocycles. The van der Waals surface area contributed by atoms with E-state index >= 15 is 0 Å². The molecule has 1 fully saturated rings. The highest BCUT2D eigenvalue weighted by atomic mass is 19.3. The van der Waals surface area contributed by atoms with E-state index in [0.29, 0.717) is 6.42 Å². The number of hydrogen-bond acceptors (Lipinski definition) is 1. The van der Waals surface area contributed by atoms with Crippen LogP contribution in [0.3, 0.4) is 0 Å². The van der Waals surface area contributed by atoms with Gasteiger partial charge in [-0.1, -0.05) is 6.92 Å². The molecule has 0 amide bonds. The summed E-state index contributed by atoms with van der Waals surface area (Å²) in [5.41, 5.74) is 0. The average molecular weight is 162 g/mol. The van der Waals surface area contributed by atoms with Crippen molar-refractivity contribution in [2.75, 3.05) is 0 Å². The van der Waals surface area contributed by atoms with Crippen LogP contribution in [0.1, 0.15) is 32.6 Å². The fourth-order valence-electron chi connectivity index (χ4n) is 1.27. The molecule has 1 aliphatic rings. The third-order valence-electron chi connectivity index (χ3n) is 2.23. The highest BCUT2D eigenvalue weighted by molar-refractivity contribution is 5.80. The maximum Gasteiger partial charge on any atom is 0.248 e. The van der Waals surface area contributed by atoms with Gasteiger partial charge in [0.1, 0.15) is 5.78 Å². The Morgan fingerprint density at radius 2 is 2.09 bits per heavy atom. The zero-order chi connectivity index (χ0) is 8.48. The lowest BCUT2D eigenvalue weighted by atomic mass is 10.0. The Morgan fingerprint density at radius 1 is 1.45 bits per heavy atom. The van der Waals surface area contributed by atoms with Gasteiger partial charge in [0.05, 0.1) is 0 Å². The summed E-state index contributed by atoms with van der Waals surface area (Å²) < 4.78 is 25.3. The SMILES string of the molecule is CC1CCC(F)(F)CCC1=O. The van der Waals surface area contributed by atoms with Crippen molar-refractivity contribution in [2.45, 2.75) is 38.5 Å². The number of carbonyl (C=O) groups is 1. The molecular weight excluding hydrogens is 150 g/mol. The van der Waals surface area contributed by atoms with E-state index in [9.17, 15) is 13.6 Å². The van der Waals surface area contributed by atoms with Gasteiger partial charge in [-0.2, -0.15) is 0 Å². The third-order valence-corrected chi connectivity index (χ3v) is 2.23. The maximum absolute atomic E-state index is 12.7. The van der Waals surface area contributed by atoms with E-state index < -0.39 is 5.92 Å². The van der Waals surface area contributed by atoms with Gasteiger partial charge in [0.2, 0.25) is 5.92 Å². The van der Waals surface area contributed by atoms with Crippen LogP contribution in [-0.2, 0) is 4.79 Å². The molecule has 3 heteroatoms. The Bertz CT molecular complexity index is 165. The predicted molar refractivity (Wildman–Crippen MR) is 37.6 cm³/mol. The van der Waals surface area contributed by atoms with Gasteiger partial charge in [-0.3, -0.25) is 4.79 Å². The van der Waals surface area contributed by atoms with Gasteiger partial charge < -0.3 is 0 Å². The summed E-state index contributed by atoms with van der Waals surface area (Å²) in [6, 6.07) is 0. The fourth-order valence-corrected chi connectivity index (χ4v) is 1.27. The molecule has 64 valence electrons.